The van der Waals surface area contributed by atoms with E-state index in [0.717, 1.165) is 21.6 Å². The van der Waals surface area contributed by atoms with E-state index in [9.17, 15) is 31.1 Å². The molecular weight excluding hydrogens is 392 g/mol. The molecule has 0 spiro atoms. The number of aromatic nitrogens is 5. The molecule has 0 amide bonds. The van der Waals surface area contributed by atoms with Crippen LogP contribution in [-0.2, 0) is 12.7 Å². The molecule has 0 aliphatic carbocycles. The second-order valence-electron chi connectivity index (χ2n) is 6.18. The first-order chi connectivity index (χ1) is 12.9. The van der Waals surface area contributed by atoms with Crippen LogP contribution < -0.4 is 5.56 Å². The van der Waals surface area contributed by atoms with Crippen molar-refractivity contribution in [3.8, 4) is 11.1 Å². The first-order valence-corrected chi connectivity index (χ1v) is 7.95. The fraction of sp³-hybridized carbons (Fsp3) is 0.375. The van der Waals surface area contributed by atoms with Crippen LogP contribution >= 0.6 is 0 Å². The quantitative estimate of drug-likeness (QED) is 0.626. The lowest BCUT2D eigenvalue weighted by atomic mass is 10.1. The molecule has 0 saturated heterocycles. The van der Waals surface area contributed by atoms with Crippen LogP contribution in [0.4, 0.5) is 26.3 Å². The molecule has 0 saturated carbocycles. The van der Waals surface area contributed by atoms with Gasteiger partial charge in [-0.05, 0) is 25.5 Å². The standard InChI is InChI=1S/C16H13F6N5O/c1-8-5-11-24-13(16(20,21)22)12(14(28)27(11)25-9(8)2)10-6-23-26(7-10)4-3-15(17,18)19/h5-7H,3-4H2,1-2H3. The lowest BCUT2D eigenvalue weighted by Gasteiger charge is -2.12. The summed E-state index contributed by atoms with van der Waals surface area (Å²) in [5.41, 5.74) is -2.96. The smallest absolute Gasteiger partial charge is 0.272 e. The number of aryl methyl sites for hydroxylation is 3. The van der Waals surface area contributed by atoms with Crippen molar-refractivity contribution in [2.75, 3.05) is 0 Å². The summed E-state index contributed by atoms with van der Waals surface area (Å²) in [5.74, 6) is 0. The lowest BCUT2D eigenvalue weighted by molar-refractivity contribution is -0.140. The Kier molecular flexibility index (Phi) is 4.68. The fourth-order valence-corrected chi connectivity index (χ4v) is 2.57. The van der Waals surface area contributed by atoms with Crippen LogP contribution in [0.2, 0.25) is 0 Å². The van der Waals surface area contributed by atoms with Crippen LogP contribution in [0, 0.1) is 13.8 Å². The van der Waals surface area contributed by atoms with Crippen molar-refractivity contribution < 1.29 is 26.3 Å². The molecule has 0 N–H and O–H groups in total. The molecule has 3 aromatic rings. The Morgan fingerprint density at radius 3 is 2.39 bits per heavy atom. The van der Waals surface area contributed by atoms with Crippen LogP contribution in [0.15, 0.2) is 23.3 Å². The zero-order valence-corrected chi connectivity index (χ0v) is 14.6. The Labute approximate surface area is 153 Å². The highest BCUT2D eigenvalue weighted by atomic mass is 19.4. The Morgan fingerprint density at radius 2 is 1.79 bits per heavy atom. The van der Waals surface area contributed by atoms with Crippen molar-refractivity contribution in [1.29, 1.82) is 0 Å². The summed E-state index contributed by atoms with van der Waals surface area (Å²) in [7, 11) is 0. The molecule has 12 heteroatoms. The molecule has 0 aliphatic heterocycles. The SMILES string of the molecule is Cc1cc2nc(C(F)(F)F)c(-c3cnn(CCC(F)(F)F)c3)c(=O)n2nc1C. The molecule has 0 aromatic carbocycles. The van der Waals surface area contributed by atoms with E-state index in [1.807, 2.05) is 0 Å². The summed E-state index contributed by atoms with van der Waals surface area (Å²) in [6, 6.07) is 1.30. The highest BCUT2D eigenvalue weighted by Crippen LogP contribution is 2.34. The molecule has 0 bridgehead atoms. The Morgan fingerprint density at radius 1 is 1.11 bits per heavy atom. The van der Waals surface area contributed by atoms with Gasteiger partial charge in [0.2, 0.25) is 0 Å². The minimum absolute atomic E-state index is 0.284. The van der Waals surface area contributed by atoms with Crippen molar-refractivity contribution in [1.82, 2.24) is 24.4 Å². The zero-order chi connectivity index (χ0) is 20.9. The van der Waals surface area contributed by atoms with Gasteiger partial charge in [0.05, 0.1) is 23.9 Å². The highest BCUT2D eigenvalue weighted by molar-refractivity contribution is 5.66. The predicted molar refractivity (Wildman–Crippen MR) is 85.6 cm³/mol. The molecule has 0 radical (unpaired) electrons. The molecule has 6 nitrogen and oxygen atoms in total. The van der Waals surface area contributed by atoms with Gasteiger partial charge >= 0.3 is 12.4 Å². The van der Waals surface area contributed by atoms with Gasteiger partial charge in [0, 0.05) is 18.3 Å². The summed E-state index contributed by atoms with van der Waals surface area (Å²) in [5, 5.41) is 7.58. The zero-order valence-electron chi connectivity index (χ0n) is 14.6. The number of halogens is 6. The van der Waals surface area contributed by atoms with Crippen molar-refractivity contribution in [2.45, 2.75) is 39.2 Å². The number of rotatable bonds is 3. The van der Waals surface area contributed by atoms with E-state index in [-0.39, 0.29) is 11.2 Å². The maximum absolute atomic E-state index is 13.5. The van der Waals surface area contributed by atoms with Crippen LogP contribution in [0.25, 0.3) is 16.8 Å². The second-order valence-corrected chi connectivity index (χ2v) is 6.18. The first-order valence-electron chi connectivity index (χ1n) is 7.95. The molecule has 3 heterocycles. The van der Waals surface area contributed by atoms with Crippen molar-refractivity contribution in [3.05, 3.63) is 45.8 Å². The fourth-order valence-electron chi connectivity index (χ4n) is 2.57. The molecule has 0 unspecified atom stereocenters. The van der Waals surface area contributed by atoms with Crippen LogP contribution in [0.1, 0.15) is 23.4 Å². The summed E-state index contributed by atoms with van der Waals surface area (Å²) in [4.78, 5) is 16.3. The van der Waals surface area contributed by atoms with E-state index in [0.29, 0.717) is 11.3 Å². The van der Waals surface area contributed by atoms with E-state index >= 15 is 0 Å². The minimum Gasteiger partial charge on any atom is -0.272 e. The summed E-state index contributed by atoms with van der Waals surface area (Å²) in [6.45, 7) is 2.60. The van der Waals surface area contributed by atoms with Gasteiger partial charge in [-0.15, -0.1) is 0 Å². The van der Waals surface area contributed by atoms with Crippen molar-refractivity contribution >= 4 is 5.65 Å². The molecule has 3 rings (SSSR count). The lowest BCUT2D eigenvalue weighted by Crippen LogP contribution is -2.26. The Bertz CT molecular complexity index is 1100. The summed E-state index contributed by atoms with van der Waals surface area (Å²) >= 11 is 0. The first kappa shape index (κ1) is 19.8. The van der Waals surface area contributed by atoms with Crippen LogP contribution in [-0.4, -0.2) is 30.6 Å². The average molecular weight is 405 g/mol. The monoisotopic (exact) mass is 405 g/mol. The third-order valence-electron chi connectivity index (χ3n) is 4.07. The van der Waals surface area contributed by atoms with E-state index in [1.165, 1.54) is 6.07 Å². The predicted octanol–water partition coefficient (Wildman–Crippen LogP) is 3.54. The number of nitrogens with zero attached hydrogens (tertiary/aromatic N) is 5. The van der Waals surface area contributed by atoms with Gasteiger partial charge in [-0.3, -0.25) is 9.48 Å². The average Bonchev–Trinajstić information content (AvgIpc) is 3.02. The number of hydrogen-bond donors (Lipinski definition) is 0. The van der Waals surface area contributed by atoms with E-state index < -0.39 is 42.1 Å². The highest BCUT2D eigenvalue weighted by Gasteiger charge is 2.38. The third-order valence-corrected chi connectivity index (χ3v) is 4.07. The Hall–Kier alpha value is -2.92. The van der Waals surface area contributed by atoms with Crippen LogP contribution in [0.5, 0.6) is 0 Å². The van der Waals surface area contributed by atoms with Gasteiger partial charge in [0.15, 0.2) is 11.3 Å². The number of hydrogen-bond acceptors (Lipinski definition) is 4. The van der Waals surface area contributed by atoms with E-state index in [2.05, 4.69) is 15.2 Å². The number of alkyl halides is 6. The minimum atomic E-state index is -4.96. The molecular formula is C16H13F6N5O. The van der Waals surface area contributed by atoms with Crippen molar-refractivity contribution in [2.24, 2.45) is 0 Å². The van der Waals surface area contributed by atoms with Crippen molar-refractivity contribution in [3.63, 3.8) is 0 Å². The third kappa shape index (κ3) is 3.85. The number of fused-ring (bicyclic) bond motifs is 1. The van der Waals surface area contributed by atoms with E-state index in [4.69, 9.17) is 0 Å². The van der Waals surface area contributed by atoms with Gasteiger partial charge in [-0.2, -0.15) is 41.1 Å². The summed E-state index contributed by atoms with van der Waals surface area (Å²) < 4.78 is 79.2. The van der Waals surface area contributed by atoms with Gasteiger partial charge in [-0.25, -0.2) is 4.98 Å². The van der Waals surface area contributed by atoms with Gasteiger partial charge in [0.1, 0.15) is 0 Å². The molecule has 28 heavy (non-hydrogen) atoms. The second kappa shape index (κ2) is 6.60. The van der Waals surface area contributed by atoms with E-state index in [1.54, 1.807) is 13.8 Å². The van der Waals surface area contributed by atoms with Crippen LogP contribution in [0.3, 0.4) is 0 Å². The maximum atomic E-state index is 13.5. The normalized spacial score (nSPS) is 12.7. The molecule has 0 atom stereocenters. The van der Waals surface area contributed by atoms with Gasteiger partial charge in [-0.1, -0.05) is 0 Å². The molecule has 0 aliphatic rings. The Balaban J connectivity index is 2.19. The molecule has 0 fully saturated rings. The largest absolute Gasteiger partial charge is 0.434 e. The molecule has 3 aromatic heterocycles. The van der Waals surface area contributed by atoms with Gasteiger partial charge in [0.25, 0.3) is 5.56 Å². The van der Waals surface area contributed by atoms with Gasteiger partial charge < -0.3 is 0 Å². The molecule has 150 valence electrons. The maximum Gasteiger partial charge on any atom is 0.434 e. The summed E-state index contributed by atoms with van der Waals surface area (Å²) in [6.07, 6.45) is -8.78. The topological polar surface area (TPSA) is 65.1 Å².